The molecule has 18 heavy (non-hydrogen) atoms. The van der Waals surface area contributed by atoms with Crippen molar-refractivity contribution in [2.24, 2.45) is 0 Å². The highest BCUT2D eigenvalue weighted by Crippen LogP contribution is 2.32. The van der Waals surface area contributed by atoms with E-state index in [1.165, 1.54) is 31.9 Å². The number of hydrogen-bond donors (Lipinski definition) is 1. The zero-order valence-corrected chi connectivity index (χ0v) is 11.9. The van der Waals surface area contributed by atoms with Crippen LogP contribution >= 0.6 is 23.4 Å². The molecule has 0 radical (unpaired) electrons. The van der Waals surface area contributed by atoms with Gasteiger partial charge in [0.1, 0.15) is 5.82 Å². The number of pyridine rings is 1. The summed E-state index contributed by atoms with van der Waals surface area (Å²) in [4.78, 5) is 16.0. The van der Waals surface area contributed by atoms with Crippen molar-refractivity contribution in [3.63, 3.8) is 0 Å². The molecule has 0 aliphatic heterocycles. The lowest BCUT2D eigenvalue weighted by Gasteiger charge is -2.15. The molecular weight excluding hydrogens is 268 g/mol. The fraction of sp³-hybridized carbons (Fsp3) is 0.538. The molecule has 5 heteroatoms. The van der Waals surface area contributed by atoms with Gasteiger partial charge in [0, 0.05) is 11.4 Å². The Morgan fingerprint density at radius 2 is 2.22 bits per heavy atom. The molecule has 2 rings (SSSR count). The first-order valence-corrected chi connectivity index (χ1v) is 7.55. The number of hydrogen-bond acceptors (Lipinski definition) is 3. The number of carbonyl (C=O) groups is 1. The van der Waals surface area contributed by atoms with Crippen LogP contribution in [-0.4, -0.2) is 21.4 Å². The number of carbonyl (C=O) groups excluding carboxylic acids is 1. The largest absolute Gasteiger partial charge is 0.310 e. The molecule has 0 saturated heterocycles. The second-order valence-corrected chi connectivity index (χ2v) is 6.62. The van der Waals surface area contributed by atoms with Gasteiger partial charge in [0.2, 0.25) is 5.91 Å². The first-order chi connectivity index (χ1) is 8.65. The Morgan fingerprint density at radius 1 is 1.50 bits per heavy atom. The Hall–Kier alpha value is -0.740. The van der Waals surface area contributed by atoms with E-state index in [-0.39, 0.29) is 11.2 Å². The summed E-state index contributed by atoms with van der Waals surface area (Å²) >= 11 is 7.52. The average molecular weight is 285 g/mol. The van der Waals surface area contributed by atoms with E-state index in [9.17, 15) is 4.79 Å². The van der Waals surface area contributed by atoms with E-state index in [4.69, 9.17) is 11.6 Å². The van der Waals surface area contributed by atoms with Crippen LogP contribution < -0.4 is 5.32 Å². The van der Waals surface area contributed by atoms with Crippen molar-refractivity contribution < 1.29 is 4.79 Å². The molecule has 1 saturated carbocycles. The zero-order chi connectivity index (χ0) is 13.0. The summed E-state index contributed by atoms with van der Waals surface area (Å²) in [6.45, 7) is 1.95. The lowest BCUT2D eigenvalue weighted by Crippen LogP contribution is -2.24. The SMILES string of the molecule is CC(SC1CCCC1)C(=O)Nc1ccc(Cl)cn1. The van der Waals surface area contributed by atoms with Crippen LogP contribution in [-0.2, 0) is 4.79 Å². The fourth-order valence-corrected chi connectivity index (χ4v) is 3.53. The maximum Gasteiger partial charge on any atom is 0.238 e. The minimum absolute atomic E-state index is 0.0155. The summed E-state index contributed by atoms with van der Waals surface area (Å²) in [5, 5.41) is 3.99. The van der Waals surface area contributed by atoms with Gasteiger partial charge in [-0.05, 0) is 31.9 Å². The van der Waals surface area contributed by atoms with Gasteiger partial charge in [-0.1, -0.05) is 24.4 Å². The number of anilines is 1. The number of rotatable bonds is 4. The quantitative estimate of drug-likeness (QED) is 0.916. The standard InChI is InChI=1S/C13H17ClN2OS/c1-9(18-11-4-2-3-5-11)13(17)16-12-7-6-10(14)8-15-12/h6-9,11H,2-5H2,1H3,(H,15,16,17). The third kappa shape index (κ3) is 3.89. The number of aromatic nitrogens is 1. The number of halogens is 1. The lowest BCUT2D eigenvalue weighted by molar-refractivity contribution is -0.115. The van der Waals surface area contributed by atoms with Gasteiger partial charge in [-0.25, -0.2) is 4.98 Å². The predicted molar refractivity (Wildman–Crippen MR) is 77.2 cm³/mol. The summed E-state index contributed by atoms with van der Waals surface area (Å²) in [6, 6.07) is 3.44. The van der Waals surface area contributed by atoms with Crippen molar-refractivity contribution in [3.05, 3.63) is 23.4 Å². The van der Waals surface area contributed by atoms with Crippen LogP contribution in [0.3, 0.4) is 0 Å². The van der Waals surface area contributed by atoms with Crippen LogP contribution in [0.4, 0.5) is 5.82 Å². The van der Waals surface area contributed by atoms with Gasteiger partial charge in [0.05, 0.1) is 10.3 Å². The molecule has 1 unspecified atom stereocenters. The van der Waals surface area contributed by atoms with E-state index in [0.29, 0.717) is 16.1 Å². The minimum Gasteiger partial charge on any atom is -0.310 e. The van der Waals surface area contributed by atoms with E-state index in [2.05, 4.69) is 10.3 Å². The maximum absolute atomic E-state index is 12.0. The lowest BCUT2D eigenvalue weighted by atomic mass is 10.4. The van der Waals surface area contributed by atoms with Gasteiger partial charge in [-0.2, -0.15) is 0 Å². The Kier molecular flexibility index (Phi) is 4.89. The predicted octanol–water partition coefficient (Wildman–Crippen LogP) is 3.74. The molecule has 98 valence electrons. The molecule has 1 aliphatic rings. The highest BCUT2D eigenvalue weighted by molar-refractivity contribution is 8.01. The smallest absolute Gasteiger partial charge is 0.238 e. The van der Waals surface area contributed by atoms with E-state index in [1.54, 1.807) is 23.9 Å². The van der Waals surface area contributed by atoms with E-state index < -0.39 is 0 Å². The van der Waals surface area contributed by atoms with Gasteiger partial charge < -0.3 is 5.32 Å². The molecule has 1 aromatic heterocycles. The van der Waals surface area contributed by atoms with Crippen molar-refractivity contribution in [2.45, 2.75) is 43.1 Å². The van der Waals surface area contributed by atoms with E-state index in [0.717, 1.165) is 0 Å². The number of nitrogens with one attached hydrogen (secondary N) is 1. The fourth-order valence-electron chi connectivity index (χ4n) is 2.05. The van der Waals surface area contributed by atoms with Gasteiger partial charge in [-0.3, -0.25) is 4.79 Å². The molecule has 1 amide bonds. The van der Waals surface area contributed by atoms with Crippen molar-refractivity contribution >= 4 is 35.1 Å². The van der Waals surface area contributed by atoms with Gasteiger partial charge in [0.15, 0.2) is 0 Å². The van der Waals surface area contributed by atoms with Crippen LogP contribution in [0.5, 0.6) is 0 Å². The highest BCUT2D eigenvalue weighted by atomic mass is 35.5. The van der Waals surface area contributed by atoms with Crippen LogP contribution in [0.15, 0.2) is 18.3 Å². The summed E-state index contributed by atoms with van der Waals surface area (Å²) in [5.41, 5.74) is 0. The molecule has 1 aromatic rings. The zero-order valence-electron chi connectivity index (χ0n) is 10.4. The first kappa shape index (κ1) is 13.7. The Balaban J connectivity index is 1.84. The molecule has 0 aromatic carbocycles. The average Bonchev–Trinajstić information content (AvgIpc) is 2.85. The third-order valence-electron chi connectivity index (χ3n) is 3.05. The Morgan fingerprint density at radius 3 is 2.83 bits per heavy atom. The van der Waals surface area contributed by atoms with E-state index >= 15 is 0 Å². The van der Waals surface area contributed by atoms with Crippen LogP contribution in [0, 0.1) is 0 Å². The molecule has 0 spiro atoms. The molecule has 1 fully saturated rings. The summed E-state index contributed by atoms with van der Waals surface area (Å²) in [6.07, 6.45) is 6.60. The Bertz CT molecular complexity index is 404. The minimum atomic E-state index is -0.0365. The van der Waals surface area contributed by atoms with Gasteiger partial charge in [-0.15, -0.1) is 11.8 Å². The van der Waals surface area contributed by atoms with Crippen molar-refractivity contribution in [3.8, 4) is 0 Å². The van der Waals surface area contributed by atoms with Gasteiger partial charge >= 0.3 is 0 Å². The Labute approximate surface area is 117 Å². The third-order valence-corrected chi connectivity index (χ3v) is 4.75. The van der Waals surface area contributed by atoms with Crippen LogP contribution in [0.25, 0.3) is 0 Å². The second kappa shape index (κ2) is 6.43. The van der Waals surface area contributed by atoms with Crippen LogP contribution in [0.1, 0.15) is 32.6 Å². The monoisotopic (exact) mass is 284 g/mol. The first-order valence-electron chi connectivity index (χ1n) is 6.23. The molecule has 1 heterocycles. The van der Waals surface area contributed by atoms with E-state index in [1.807, 2.05) is 6.92 Å². The molecule has 3 nitrogen and oxygen atoms in total. The van der Waals surface area contributed by atoms with Gasteiger partial charge in [0.25, 0.3) is 0 Å². The molecule has 1 atom stereocenters. The molecule has 1 aliphatic carbocycles. The summed E-state index contributed by atoms with van der Waals surface area (Å²) in [5.74, 6) is 0.574. The second-order valence-electron chi connectivity index (χ2n) is 4.54. The molecule has 0 bridgehead atoms. The van der Waals surface area contributed by atoms with Crippen LogP contribution in [0.2, 0.25) is 5.02 Å². The van der Waals surface area contributed by atoms with Crippen molar-refractivity contribution in [2.75, 3.05) is 5.32 Å². The summed E-state index contributed by atoms with van der Waals surface area (Å²) in [7, 11) is 0. The van der Waals surface area contributed by atoms with Crippen molar-refractivity contribution in [1.29, 1.82) is 0 Å². The normalized spacial score (nSPS) is 17.7. The molecule has 1 N–H and O–H groups in total. The molecular formula is C13H17ClN2OS. The maximum atomic E-state index is 12.0. The number of thioether (sulfide) groups is 1. The topological polar surface area (TPSA) is 42.0 Å². The number of nitrogens with zero attached hydrogens (tertiary/aromatic N) is 1. The number of amides is 1. The summed E-state index contributed by atoms with van der Waals surface area (Å²) < 4.78 is 0. The highest BCUT2D eigenvalue weighted by Gasteiger charge is 2.22. The van der Waals surface area contributed by atoms with Crippen molar-refractivity contribution in [1.82, 2.24) is 4.98 Å².